The van der Waals surface area contributed by atoms with Gasteiger partial charge in [-0.2, -0.15) is 11.8 Å². The second-order valence-electron chi connectivity index (χ2n) is 7.19. The van der Waals surface area contributed by atoms with Gasteiger partial charge in [-0.1, -0.05) is 26.2 Å². The van der Waals surface area contributed by atoms with E-state index in [1.54, 1.807) is 0 Å². The van der Waals surface area contributed by atoms with Gasteiger partial charge < -0.3 is 20.5 Å². The Kier molecular flexibility index (Phi) is 9.42. The lowest BCUT2D eigenvalue weighted by molar-refractivity contribution is -0.0154. The molecule has 0 radical (unpaired) electrons. The molecular formula is C19H37N3O2S. The van der Waals surface area contributed by atoms with Gasteiger partial charge in [-0.25, -0.2) is 0 Å². The molecule has 25 heavy (non-hydrogen) atoms. The molecule has 0 aromatic carbocycles. The lowest BCUT2D eigenvalue weighted by atomic mass is 9.79. The van der Waals surface area contributed by atoms with Gasteiger partial charge in [0.05, 0.1) is 18.2 Å². The highest BCUT2D eigenvalue weighted by Crippen LogP contribution is 2.41. The van der Waals surface area contributed by atoms with E-state index in [1.165, 1.54) is 32.1 Å². The van der Waals surface area contributed by atoms with E-state index in [0.29, 0.717) is 17.9 Å². The Bertz CT molecular complexity index is 402. The first-order valence-electron chi connectivity index (χ1n) is 10.2. The number of aliphatic hydroxyl groups is 1. The van der Waals surface area contributed by atoms with Crippen molar-refractivity contribution in [1.29, 1.82) is 0 Å². The van der Waals surface area contributed by atoms with E-state index in [4.69, 9.17) is 4.74 Å². The molecular weight excluding hydrogens is 334 g/mol. The van der Waals surface area contributed by atoms with Crippen molar-refractivity contribution in [3.8, 4) is 0 Å². The van der Waals surface area contributed by atoms with Crippen LogP contribution < -0.4 is 10.6 Å². The SMILES string of the molecule is CCNC(=NCC1(O)CCC1SCC)NCCCOC1CCCCC1. The van der Waals surface area contributed by atoms with Crippen molar-refractivity contribution in [2.75, 3.05) is 32.0 Å². The molecule has 0 saturated heterocycles. The molecule has 0 bridgehead atoms. The lowest BCUT2D eigenvalue weighted by Crippen LogP contribution is -2.53. The highest BCUT2D eigenvalue weighted by atomic mass is 32.2. The molecule has 2 saturated carbocycles. The maximum Gasteiger partial charge on any atom is 0.191 e. The second-order valence-corrected chi connectivity index (χ2v) is 8.67. The molecule has 0 aromatic heterocycles. The Morgan fingerprint density at radius 1 is 1.20 bits per heavy atom. The summed E-state index contributed by atoms with van der Waals surface area (Å²) in [7, 11) is 0. The molecule has 6 heteroatoms. The monoisotopic (exact) mass is 371 g/mol. The van der Waals surface area contributed by atoms with Gasteiger partial charge in [0.2, 0.25) is 0 Å². The molecule has 0 spiro atoms. The fourth-order valence-electron chi connectivity index (χ4n) is 3.53. The van der Waals surface area contributed by atoms with Gasteiger partial charge in [-0.05, 0) is 44.8 Å². The standard InChI is InChI=1S/C19H37N3O2S/c1-3-20-18(22-15-19(23)12-11-17(19)25-4-2)21-13-8-14-24-16-9-6-5-7-10-16/h16-17,23H,3-15H2,1-2H3,(H2,20,21,22). The predicted molar refractivity (Wildman–Crippen MR) is 108 cm³/mol. The van der Waals surface area contributed by atoms with Crippen LogP contribution in [-0.4, -0.2) is 60.0 Å². The van der Waals surface area contributed by atoms with E-state index in [0.717, 1.165) is 50.7 Å². The smallest absolute Gasteiger partial charge is 0.191 e. The van der Waals surface area contributed by atoms with E-state index in [-0.39, 0.29) is 0 Å². The molecule has 2 aliphatic carbocycles. The van der Waals surface area contributed by atoms with Crippen molar-refractivity contribution in [3.05, 3.63) is 0 Å². The zero-order valence-electron chi connectivity index (χ0n) is 16.1. The lowest BCUT2D eigenvalue weighted by Gasteiger charge is -2.44. The van der Waals surface area contributed by atoms with Crippen LogP contribution in [0.5, 0.6) is 0 Å². The molecule has 0 aromatic rings. The molecule has 5 nitrogen and oxygen atoms in total. The van der Waals surface area contributed by atoms with Crippen LogP contribution in [0.3, 0.4) is 0 Å². The van der Waals surface area contributed by atoms with Crippen molar-refractivity contribution >= 4 is 17.7 Å². The molecule has 2 aliphatic rings. The van der Waals surface area contributed by atoms with Crippen LogP contribution >= 0.6 is 11.8 Å². The van der Waals surface area contributed by atoms with Crippen molar-refractivity contribution < 1.29 is 9.84 Å². The molecule has 0 aliphatic heterocycles. The number of hydrogen-bond donors (Lipinski definition) is 3. The van der Waals surface area contributed by atoms with Crippen LogP contribution in [0, 0.1) is 0 Å². The van der Waals surface area contributed by atoms with Crippen LogP contribution in [0.2, 0.25) is 0 Å². The number of aliphatic imine (C=N–C) groups is 1. The first-order chi connectivity index (χ1) is 12.2. The van der Waals surface area contributed by atoms with Crippen LogP contribution in [0.15, 0.2) is 4.99 Å². The maximum absolute atomic E-state index is 10.7. The Balaban J connectivity index is 1.65. The third-order valence-electron chi connectivity index (χ3n) is 5.18. The summed E-state index contributed by atoms with van der Waals surface area (Å²) in [5.41, 5.74) is -0.618. The zero-order valence-corrected chi connectivity index (χ0v) is 16.9. The third kappa shape index (κ3) is 6.99. The third-order valence-corrected chi connectivity index (χ3v) is 6.59. The van der Waals surface area contributed by atoms with Crippen LogP contribution in [0.25, 0.3) is 0 Å². The fourth-order valence-corrected chi connectivity index (χ4v) is 4.72. The normalized spacial score (nSPS) is 27.8. The Morgan fingerprint density at radius 2 is 2.00 bits per heavy atom. The molecule has 146 valence electrons. The molecule has 0 heterocycles. The molecule has 3 N–H and O–H groups in total. The number of rotatable bonds is 10. The molecule has 2 atom stereocenters. The number of nitrogens with one attached hydrogen (secondary N) is 2. The van der Waals surface area contributed by atoms with Gasteiger partial charge in [0, 0.05) is 24.9 Å². The number of hydrogen-bond acceptors (Lipinski definition) is 4. The second kappa shape index (κ2) is 11.3. The summed E-state index contributed by atoms with van der Waals surface area (Å²) in [6.45, 7) is 7.19. The highest BCUT2D eigenvalue weighted by Gasteiger charge is 2.45. The van der Waals surface area contributed by atoms with Crippen molar-refractivity contribution in [1.82, 2.24) is 10.6 Å². The summed E-state index contributed by atoms with van der Waals surface area (Å²) >= 11 is 1.85. The van der Waals surface area contributed by atoms with E-state index in [1.807, 2.05) is 11.8 Å². The van der Waals surface area contributed by atoms with Gasteiger partial charge in [0.15, 0.2) is 5.96 Å². The van der Waals surface area contributed by atoms with Crippen molar-refractivity contribution in [3.63, 3.8) is 0 Å². The number of thioether (sulfide) groups is 1. The largest absolute Gasteiger partial charge is 0.387 e. The first kappa shape index (κ1) is 20.8. The number of nitrogens with zero attached hydrogens (tertiary/aromatic N) is 1. The van der Waals surface area contributed by atoms with Gasteiger partial charge in [-0.15, -0.1) is 0 Å². The number of ether oxygens (including phenoxy) is 1. The summed E-state index contributed by atoms with van der Waals surface area (Å²) in [5.74, 6) is 1.86. The van der Waals surface area contributed by atoms with Gasteiger partial charge >= 0.3 is 0 Å². The molecule has 2 fully saturated rings. The van der Waals surface area contributed by atoms with Gasteiger partial charge in [0.25, 0.3) is 0 Å². The van der Waals surface area contributed by atoms with E-state index < -0.39 is 5.60 Å². The Labute approximate surface area is 157 Å². The molecule has 2 rings (SSSR count). The highest BCUT2D eigenvalue weighted by molar-refractivity contribution is 8.00. The van der Waals surface area contributed by atoms with Gasteiger partial charge in [-0.3, -0.25) is 4.99 Å². The van der Waals surface area contributed by atoms with Crippen molar-refractivity contribution in [2.24, 2.45) is 4.99 Å². The predicted octanol–water partition coefficient (Wildman–Crippen LogP) is 2.93. The fraction of sp³-hybridized carbons (Fsp3) is 0.947. The quantitative estimate of drug-likeness (QED) is 0.313. The maximum atomic E-state index is 10.7. The minimum absolute atomic E-state index is 0.341. The summed E-state index contributed by atoms with van der Waals surface area (Å²) in [4.78, 5) is 4.62. The van der Waals surface area contributed by atoms with Crippen molar-refractivity contribution in [2.45, 2.75) is 82.2 Å². The van der Waals surface area contributed by atoms with E-state index in [9.17, 15) is 5.11 Å². The topological polar surface area (TPSA) is 65.9 Å². The summed E-state index contributed by atoms with van der Waals surface area (Å²) in [6, 6.07) is 0. The average molecular weight is 372 g/mol. The molecule has 0 amide bonds. The summed E-state index contributed by atoms with van der Waals surface area (Å²) in [6.07, 6.45) is 9.90. The average Bonchev–Trinajstić information content (AvgIpc) is 2.63. The summed E-state index contributed by atoms with van der Waals surface area (Å²) < 4.78 is 5.96. The van der Waals surface area contributed by atoms with Gasteiger partial charge in [0.1, 0.15) is 0 Å². The number of guanidine groups is 1. The molecule has 2 unspecified atom stereocenters. The minimum atomic E-state index is -0.618. The summed E-state index contributed by atoms with van der Waals surface area (Å²) in [5, 5.41) is 17.6. The zero-order chi connectivity index (χ0) is 18.0. The van der Waals surface area contributed by atoms with Crippen LogP contribution in [0.4, 0.5) is 0 Å². The minimum Gasteiger partial charge on any atom is -0.387 e. The first-order valence-corrected chi connectivity index (χ1v) is 11.2. The van der Waals surface area contributed by atoms with E-state index >= 15 is 0 Å². The Hall–Kier alpha value is -0.460. The van der Waals surface area contributed by atoms with Crippen LogP contribution in [-0.2, 0) is 4.74 Å². The van der Waals surface area contributed by atoms with E-state index in [2.05, 4.69) is 29.5 Å². The Morgan fingerprint density at radius 3 is 2.64 bits per heavy atom. The van der Waals surface area contributed by atoms with Crippen LogP contribution in [0.1, 0.15) is 65.2 Å².